The van der Waals surface area contributed by atoms with E-state index in [-0.39, 0.29) is 5.91 Å². The van der Waals surface area contributed by atoms with Crippen molar-refractivity contribution >= 4 is 27.5 Å². The Kier molecular flexibility index (Phi) is 6.22. The molecule has 3 nitrogen and oxygen atoms in total. The zero-order valence-electron chi connectivity index (χ0n) is 10.3. The van der Waals surface area contributed by atoms with E-state index in [1.807, 2.05) is 24.3 Å². The van der Waals surface area contributed by atoms with Gasteiger partial charge in [-0.25, -0.2) is 0 Å². The van der Waals surface area contributed by atoms with Crippen molar-refractivity contribution in [3.63, 3.8) is 0 Å². The third-order valence-corrected chi connectivity index (χ3v) is 2.92. The summed E-state index contributed by atoms with van der Waals surface area (Å²) in [6, 6.07) is 7.61. The Labute approximate surface area is 111 Å². The van der Waals surface area contributed by atoms with E-state index in [9.17, 15) is 4.79 Å². The lowest BCUT2D eigenvalue weighted by molar-refractivity contribution is -0.116. The van der Waals surface area contributed by atoms with Gasteiger partial charge in [-0.1, -0.05) is 26.0 Å². The number of rotatable bonds is 6. The fourth-order valence-electron chi connectivity index (χ4n) is 1.37. The molecule has 0 radical (unpaired) electrons. The van der Waals surface area contributed by atoms with Gasteiger partial charge in [0.2, 0.25) is 5.91 Å². The summed E-state index contributed by atoms with van der Waals surface area (Å²) in [7, 11) is 0. The number of para-hydroxylation sites is 1. The van der Waals surface area contributed by atoms with E-state index in [4.69, 9.17) is 0 Å². The Morgan fingerprint density at radius 2 is 2.06 bits per heavy atom. The minimum absolute atomic E-state index is 0.0353. The smallest absolute Gasteiger partial charge is 0.225 e. The summed E-state index contributed by atoms with van der Waals surface area (Å²) in [6.45, 7) is 5.96. The minimum atomic E-state index is 0.0353. The molecule has 2 N–H and O–H groups in total. The van der Waals surface area contributed by atoms with Crippen LogP contribution < -0.4 is 10.6 Å². The van der Waals surface area contributed by atoms with Crippen molar-refractivity contribution < 1.29 is 4.79 Å². The number of hydrogen-bond acceptors (Lipinski definition) is 2. The molecule has 4 heteroatoms. The topological polar surface area (TPSA) is 41.1 Å². The Balaban J connectivity index is 2.28. The van der Waals surface area contributed by atoms with Gasteiger partial charge in [-0.2, -0.15) is 0 Å². The van der Waals surface area contributed by atoms with Gasteiger partial charge in [0.15, 0.2) is 0 Å². The fourth-order valence-corrected chi connectivity index (χ4v) is 1.75. The molecule has 1 aromatic rings. The molecule has 0 atom stereocenters. The Hall–Kier alpha value is -0.870. The molecule has 1 rings (SSSR count). The Morgan fingerprint density at radius 3 is 2.71 bits per heavy atom. The Bertz CT molecular complexity index is 366. The second-order valence-electron chi connectivity index (χ2n) is 4.38. The van der Waals surface area contributed by atoms with E-state index in [0.717, 1.165) is 16.7 Å². The van der Waals surface area contributed by atoms with Crippen molar-refractivity contribution in [3.05, 3.63) is 28.7 Å². The summed E-state index contributed by atoms with van der Waals surface area (Å²) >= 11 is 3.40. The number of benzene rings is 1. The van der Waals surface area contributed by atoms with E-state index >= 15 is 0 Å². The first-order valence-corrected chi connectivity index (χ1v) is 6.64. The molecule has 94 valence electrons. The second-order valence-corrected chi connectivity index (χ2v) is 5.23. The maximum atomic E-state index is 11.6. The van der Waals surface area contributed by atoms with Crippen molar-refractivity contribution in [1.29, 1.82) is 0 Å². The number of halogens is 1. The molecule has 0 bridgehead atoms. The van der Waals surface area contributed by atoms with Crippen molar-refractivity contribution in [1.82, 2.24) is 5.32 Å². The lowest BCUT2D eigenvalue weighted by Gasteiger charge is -2.09. The monoisotopic (exact) mass is 298 g/mol. The van der Waals surface area contributed by atoms with Crippen LogP contribution in [-0.4, -0.2) is 19.0 Å². The number of amides is 1. The summed E-state index contributed by atoms with van der Waals surface area (Å²) in [5.41, 5.74) is 0.821. The molecule has 0 saturated carbocycles. The van der Waals surface area contributed by atoms with Crippen LogP contribution in [0.3, 0.4) is 0 Å². The average Bonchev–Trinajstić information content (AvgIpc) is 2.27. The van der Waals surface area contributed by atoms with Crippen LogP contribution in [0.25, 0.3) is 0 Å². The quantitative estimate of drug-likeness (QED) is 0.793. The molecule has 17 heavy (non-hydrogen) atoms. The molecule has 0 saturated heterocycles. The second kappa shape index (κ2) is 7.45. The fraction of sp³-hybridized carbons (Fsp3) is 0.462. The SMILES string of the molecule is CC(C)CNCCC(=O)Nc1ccccc1Br. The summed E-state index contributed by atoms with van der Waals surface area (Å²) in [6.07, 6.45) is 0.494. The van der Waals surface area contributed by atoms with Crippen molar-refractivity contribution in [2.45, 2.75) is 20.3 Å². The first kappa shape index (κ1) is 14.2. The van der Waals surface area contributed by atoms with Gasteiger partial charge in [-0.15, -0.1) is 0 Å². The van der Waals surface area contributed by atoms with Crippen LogP contribution in [0.15, 0.2) is 28.7 Å². The summed E-state index contributed by atoms with van der Waals surface area (Å²) in [5.74, 6) is 0.648. The molecule has 0 aliphatic rings. The van der Waals surface area contributed by atoms with E-state index in [1.54, 1.807) is 0 Å². The van der Waals surface area contributed by atoms with E-state index in [2.05, 4.69) is 40.4 Å². The highest BCUT2D eigenvalue weighted by Crippen LogP contribution is 2.21. The summed E-state index contributed by atoms with van der Waals surface area (Å²) < 4.78 is 0.906. The van der Waals surface area contributed by atoms with E-state index < -0.39 is 0 Å². The van der Waals surface area contributed by atoms with Gasteiger partial charge in [0.05, 0.1) is 5.69 Å². The molecular formula is C13H19BrN2O. The van der Waals surface area contributed by atoms with Gasteiger partial charge in [0.1, 0.15) is 0 Å². The molecule has 0 aromatic heterocycles. The molecule has 0 aliphatic heterocycles. The normalized spacial score (nSPS) is 10.6. The maximum absolute atomic E-state index is 11.6. The highest BCUT2D eigenvalue weighted by Gasteiger charge is 2.04. The van der Waals surface area contributed by atoms with Crippen LogP contribution in [0.4, 0.5) is 5.69 Å². The predicted octanol–water partition coefficient (Wildman–Crippen LogP) is 3.02. The highest BCUT2D eigenvalue weighted by atomic mass is 79.9. The Morgan fingerprint density at radius 1 is 1.35 bits per heavy atom. The molecule has 0 heterocycles. The van der Waals surface area contributed by atoms with Crippen molar-refractivity contribution in [2.75, 3.05) is 18.4 Å². The summed E-state index contributed by atoms with van der Waals surface area (Å²) in [4.78, 5) is 11.6. The van der Waals surface area contributed by atoms with E-state index in [0.29, 0.717) is 18.9 Å². The largest absolute Gasteiger partial charge is 0.325 e. The van der Waals surface area contributed by atoms with Gasteiger partial charge >= 0.3 is 0 Å². The molecule has 0 aliphatic carbocycles. The first-order valence-electron chi connectivity index (χ1n) is 5.84. The number of anilines is 1. The maximum Gasteiger partial charge on any atom is 0.225 e. The van der Waals surface area contributed by atoms with Gasteiger partial charge in [-0.3, -0.25) is 4.79 Å². The van der Waals surface area contributed by atoms with Gasteiger partial charge in [-0.05, 0) is 40.5 Å². The molecular weight excluding hydrogens is 280 g/mol. The summed E-state index contributed by atoms with van der Waals surface area (Å²) in [5, 5.41) is 6.12. The third-order valence-electron chi connectivity index (χ3n) is 2.23. The third kappa shape index (κ3) is 5.84. The van der Waals surface area contributed by atoms with Crippen LogP contribution >= 0.6 is 15.9 Å². The molecule has 0 fully saturated rings. The molecule has 0 unspecified atom stereocenters. The first-order chi connectivity index (χ1) is 8.09. The molecule has 1 aromatic carbocycles. The van der Waals surface area contributed by atoms with Crippen LogP contribution in [0.1, 0.15) is 20.3 Å². The van der Waals surface area contributed by atoms with Gasteiger partial charge < -0.3 is 10.6 Å². The van der Waals surface area contributed by atoms with Crippen LogP contribution in [-0.2, 0) is 4.79 Å². The van der Waals surface area contributed by atoms with E-state index in [1.165, 1.54) is 0 Å². The number of carbonyl (C=O) groups is 1. The zero-order chi connectivity index (χ0) is 12.7. The van der Waals surface area contributed by atoms with Gasteiger partial charge in [0, 0.05) is 17.4 Å². The molecule has 0 spiro atoms. The standard InChI is InChI=1S/C13H19BrN2O/c1-10(2)9-15-8-7-13(17)16-12-6-4-3-5-11(12)14/h3-6,10,15H,7-9H2,1-2H3,(H,16,17). The lowest BCUT2D eigenvalue weighted by atomic mass is 10.2. The average molecular weight is 299 g/mol. The lowest BCUT2D eigenvalue weighted by Crippen LogP contribution is -2.25. The highest BCUT2D eigenvalue weighted by molar-refractivity contribution is 9.10. The predicted molar refractivity (Wildman–Crippen MR) is 75.1 cm³/mol. The van der Waals surface area contributed by atoms with Crippen molar-refractivity contribution in [2.24, 2.45) is 5.92 Å². The number of nitrogens with one attached hydrogen (secondary N) is 2. The van der Waals surface area contributed by atoms with Crippen LogP contribution in [0, 0.1) is 5.92 Å². The minimum Gasteiger partial charge on any atom is -0.325 e. The zero-order valence-corrected chi connectivity index (χ0v) is 11.9. The van der Waals surface area contributed by atoms with Crippen molar-refractivity contribution in [3.8, 4) is 0 Å². The number of carbonyl (C=O) groups excluding carboxylic acids is 1. The van der Waals surface area contributed by atoms with Crippen LogP contribution in [0.5, 0.6) is 0 Å². The number of hydrogen-bond donors (Lipinski definition) is 2. The molecule has 1 amide bonds. The van der Waals surface area contributed by atoms with Crippen LogP contribution in [0.2, 0.25) is 0 Å². The van der Waals surface area contributed by atoms with Gasteiger partial charge in [0.25, 0.3) is 0 Å².